The van der Waals surface area contributed by atoms with E-state index < -0.39 is 10.2 Å². The first-order chi connectivity index (χ1) is 7.47. The third kappa shape index (κ3) is 2.87. The Morgan fingerprint density at radius 3 is 2.62 bits per heavy atom. The van der Waals surface area contributed by atoms with Crippen molar-refractivity contribution in [2.24, 2.45) is 0 Å². The van der Waals surface area contributed by atoms with Crippen LogP contribution in [0.2, 0.25) is 5.02 Å². The largest absolute Gasteiger partial charge is 0.288 e. The van der Waals surface area contributed by atoms with Gasteiger partial charge in [0.1, 0.15) is 5.02 Å². The van der Waals surface area contributed by atoms with Crippen molar-refractivity contribution in [1.29, 1.82) is 0 Å². The second-order valence-electron chi connectivity index (χ2n) is 2.76. The fourth-order valence-electron chi connectivity index (χ4n) is 1.11. The Kier molecular flexibility index (Phi) is 4.58. The fourth-order valence-corrected chi connectivity index (χ4v) is 2.44. The molecule has 86 valence electrons. The zero-order chi connectivity index (χ0) is 12.3. The maximum Gasteiger partial charge on any atom is 0.288 e. The third-order valence-corrected chi connectivity index (χ3v) is 3.20. The average Bonchev–Trinajstić information content (AvgIpc) is 2.17. The van der Waals surface area contributed by atoms with Crippen LogP contribution in [0, 0.1) is 10.1 Å². The van der Waals surface area contributed by atoms with Gasteiger partial charge in [-0.1, -0.05) is 18.5 Å². The summed E-state index contributed by atoms with van der Waals surface area (Å²) in [5.41, 5.74) is -0.198. The van der Waals surface area contributed by atoms with Crippen LogP contribution in [0.4, 0.5) is 5.69 Å². The Bertz CT molecular complexity index is 451. The molecular formula is C9H7Cl2NO3S. The van der Waals surface area contributed by atoms with E-state index >= 15 is 0 Å². The molecule has 1 rings (SSSR count). The van der Waals surface area contributed by atoms with Gasteiger partial charge in [-0.05, 0) is 23.4 Å². The summed E-state index contributed by atoms with van der Waals surface area (Å²) in [6.45, 7) is 1.89. The number of halogens is 2. The van der Waals surface area contributed by atoms with Gasteiger partial charge < -0.3 is 0 Å². The molecule has 0 aromatic heterocycles. The monoisotopic (exact) mass is 279 g/mol. The van der Waals surface area contributed by atoms with Crippen LogP contribution in [0.1, 0.15) is 17.3 Å². The minimum Gasteiger partial charge on any atom is -0.276 e. The molecule has 1 aromatic rings. The molecule has 0 spiro atoms. The molecule has 0 heterocycles. The molecule has 0 N–H and O–H groups in total. The Morgan fingerprint density at radius 1 is 1.56 bits per heavy atom. The first kappa shape index (κ1) is 13.3. The molecule has 16 heavy (non-hydrogen) atoms. The Morgan fingerprint density at radius 2 is 2.19 bits per heavy atom. The Labute approximate surface area is 106 Å². The van der Waals surface area contributed by atoms with Gasteiger partial charge in [0.2, 0.25) is 0 Å². The number of nitro benzene ring substituents is 1. The fraction of sp³-hybridized carbons (Fsp3) is 0.222. The van der Waals surface area contributed by atoms with Crippen molar-refractivity contribution >= 4 is 45.9 Å². The number of carbonyl (C=O) groups is 1. The Hall–Kier alpha value is -0.780. The van der Waals surface area contributed by atoms with Crippen molar-refractivity contribution in [2.75, 3.05) is 5.75 Å². The summed E-state index contributed by atoms with van der Waals surface area (Å²) < 4.78 is 0. The lowest BCUT2D eigenvalue weighted by atomic mass is 10.2. The number of benzene rings is 1. The molecule has 0 aliphatic rings. The summed E-state index contributed by atoms with van der Waals surface area (Å²) in [7, 11) is 0. The van der Waals surface area contributed by atoms with Gasteiger partial charge in [0.25, 0.3) is 10.9 Å². The molecule has 4 nitrogen and oxygen atoms in total. The lowest BCUT2D eigenvalue weighted by Crippen LogP contribution is -1.97. The normalized spacial score (nSPS) is 10.2. The van der Waals surface area contributed by atoms with Crippen molar-refractivity contribution in [3.63, 3.8) is 0 Å². The number of nitro groups is 1. The standard InChI is InChI=1S/C9H7Cl2NO3S/c1-2-16-8-4-6(10)7(12(14)15)3-5(8)9(11)13/h3-4H,2H2,1H3. The number of hydrogen-bond acceptors (Lipinski definition) is 4. The van der Waals surface area contributed by atoms with Gasteiger partial charge in [0.05, 0.1) is 10.5 Å². The maximum atomic E-state index is 11.1. The van der Waals surface area contributed by atoms with Crippen molar-refractivity contribution in [3.8, 4) is 0 Å². The van der Waals surface area contributed by atoms with Gasteiger partial charge in [-0.15, -0.1) is 11.8 Å². The van der Waals surface area contributed by atoms with Gasteiger partial charge in [-0.2, -0.15) is 0 Å². The minimum absolute atomic E-state index is 0.00242. The van der Waals surface area contributed by atoms with Gasteiger partial charge in [-0.25, -0.2) is 0 Å². The molecule has 0 aliphatic carbocycles. The van der Waals surface area contributed by atoms with Crippen LogP contribution >= 0.6 is 35.0 Å². The quantitative estimate of drug-likeness (QED) is 0.365. The van der Waals surface area contributed by atoms with E-state index in [9.17, 15) is 14.9 Å². The molecule has 1 aromatic carbocycles. The van der Waals surface area contributed by atoms with Crippen LogP contribution in [0.5, 0.6) is 0 Å². The van der Waals surface area contributed by atoms with E-state index in [1.807, 2.05) is 6.92 Å². The van der Waals surface area contributed by atoms with Gasteiger partial charge >= 0.3 is 0 Å². The van der Waals surface area contributed by atoms with E-state index in [1.165, 1.54) is 17.8 Å². The summed E-state index contributed by atoms with van der Waals surface area (Å²) in [6, 6.07) is 2.50. The van der Waals surface area contributed by atoms with Gasteiger partial charge in [0.15, 0.2) is 0 Å². The summed E-state index contributed by atoms with van der Waals surface area (Å²) in [6.07, 6.45) is 0. The number of carbonyl (C=O) groups excluding carboxylic acids is 1. The molecule has 0 fully saturated rings. The predicted octanol–water partition coefficient (Wildman–Crippen LogP) is 3.74. The van der Waals surface area contributed by atoms with Crippen molar-refractivity contribution < 1.29 is 9.72 Å². The summed E-state index contributed by atoms with van der Waals surface area (Å²) in [4.78, 5) is 21.6. The van der Waals surface area contributed by atoms with Crippen LogP contribution in [0.25, 0.3) is 0 Å². The predicted molar refractivity (Wildman–Crippen MR) is 64.7 cm³/mol. The minimum atomic E-state index is -0.726. The van der Waals surface area contributed by atoms with Crippen LogP contribution in [0.15, 0.2) is 17.0 Å². The molecule has 7 heteroatoms. The summed E-state index contributed by atoms with van der Waals surface area (Å²) in [5, 5.41) is 9.90. The molecule has 0 saturated heterocycles. The van der Waals surface area contributed by atoms with E-state index in [4.69, 9.17) is 23.2 Å². The zero-order valence-corrected chi connectivity index (χ0v) is 10.5. The highest BCUT2D eigenvalue weighted by molar-refractivity contribution is 7.99. The van der Waals surface area contributed by atoms with Crippen LogP contribution < -0.4 is 0 Å². The molecule has 0 saturated carbocycles. The molecule has 0 bridgehead atoms. The molecule has 0 unspecified atom stereocenters. The van der Waals surface area contributed by atoms with Crippen molar-refractivity contribution in [2.45, 2.75) is 11.8 Å². The summed E-state index contributed by atoms with van der Waals surface area (Å²) >= 11 is 12.4. The van der Waals surface area contributed by atoms with Gasteiger partial charge in [0, 0.05) is 11.0 Å². The Balaban J connectivity index is 3.36. The third-order valence-electron chi connectivity index (χ3n) is 1.76. The molecule has 0 aliphatic heterocycles. The summed E-state index contributed by atoms with van der Waals surface area (Å²) in [5.74, 6) is 0.714. The van der Waals surface area contributed by atoms with Crippen LogP contribution in [0.3, 0.4) is 0 Å². The molecule has 0 radical (unpaired) electrons. The highest BCUT2D eigenvalue weighted by Gasteiger charge is 2.19. The molecular weight excluding hydrogens is 273 g/mol. The average molecular weight is 280 g/mol. The highest BCUT2D eigenvalue weighted by Crippen LogP contribution is 2.33. The highest BCUT2D eigenvalue weighted by atomic mass is 35.5. The zero-order valence-electron chi connectivity index (χ0n) is 8.20. The second-order valence-corrected chi connectivity index (χ2v) is 4.82. The van der Waals surface area contributed by atoms with E-state index in [1.54, 1.807) is 0 Å². The van der Waals surface area contributed by atoms with Crippen molar-refractivity contribution in [3.05, 3.63) is 32.8 Å². The topological polar surface area (TPSA) is 60.2 Å². The lowest BCUT2D eigenvalue weighted by molar-refractivity contribution is -0.384. The number of hydrogen-bond donors (Lipinski definition) is 0. The molecule has 0 atom stereocenters. The number of nitrogens with zero attached hydrogens (tertiary/aromatic N) is 1. The van der Waals surface area contributed by atoms with E-state index in [-0.39, 0.29) is 16.3 Å². The van der Waals surface area contributed by atoms with E-state index in [2.05, 4.69) is 0 Å². The smallest absolute Gasteiger partial charge is 0.276 e. The number of thioether (sulfide) groups is 1. The van der Waals surface area contributed by atoms with Crippen LogP contribution in [-0.2, 0) is 0 Å². The first-order valence-electron chi connectivity index (χ1n) is 4.28. The number of rotatable bonds is 4. The van der Waals surface area contributed by atoms with Crippen molar-refractivity contribution in [1.82, 2.24) is 0 Å². The van der Waals surface area contributed by atoms with Gasteiger partial charge in [-0.3, -0.25) is 14.9 Å². The van der Waals surface area contributed by atoms with Crippen LogP contribution in [-0.4, -0.2) is 15.9 Å². The van der Waals surface area contributed by atoms with E-state index in [0.29, 0.717) is 10.6 Å². The van der Waals surface area contributed by atoms with E-state index in [0.717, 1.165) is 6.07 Å². The lowest BCUT2D eigenvalue weighted by Gasteiger charge is -2.05. The maximum absolute atomic E-state index is 11.1. The second kappa shape index (κ2) is 5.52. The first-order valence-corrected chi connectivity index (χ1v) is 6.02. The SMILES string of the molecule is CCSc1cc(Cl)c([N+](=O)[O-])cc1C(=O)Cl. The molecule has 0 amide bonds.